The van der Waals surface area contributed by atoms with Gasteiger partial charge in [-0.15, -0.1) is 0 Å². The lowest BCUT2D eigenvalue weighted by molar-refractivity contribution is 0.316. The average Bonchev–Trinajstić information content (AvgIpc) is 2.52. The van der Waals surface area contributed by atoms with Crippen molar-refractivity contribution in [3.8, 4) is 0 Å². The monoisotopic (exact) mass is 174 g/mol. The van der Waals surface area contributed by atoms with Crippen LogP contribution < -0.4 is 0 Å². The maximum absolute atomic E-state index is 9.48. The van der Waals surface area contributed by atoms with Crippen LogP contribution >= 0.6 is 0 Å². The van der Waals surface area contributed by atoms with E-state index in [-0.39, 0.29) is 0 Å². The van der Waals surface area contributed by atoms with Crippen LogP contribution in [0.3, 0.4) is 0 Å². The number of benzene rings is 1. The predicted molar refractivity (Wildman–Crippen MR) is 53.1 cm³/mol. The Bertz CT molecular complexity index is 347. The second kappa shape index (κ2) is 3.36. The van der Waals surface area contributed by atoms with Crippen molar-refractivity contribution in [3.05, 3.63) is 41.5 Å². The molecule has 2 rings (SSSR count). The highest BCUT2D eigenvalue weighted by Gasteiger charge is 2.25. The van der Waals surface area contributed by atoms with E-state index in [4.69, 9.17) is 4.65 Å². The van der Waals surface area contributed by atoms with Crippen LogP contribution in [-0.2, 0) is 4.65 Å². The van der Waals surface area contributed by atoms with Crippen molar-refractivity contribution in [1.29, 1.82) is 0 Å². The quantitative estimate of drug-likeness (QED) is 0.652. The summed E-state index contributed by atoms with van der Waals surface area (Å²) in [7, 11) is -0.749. The molecule has 0 saturated carbocycles. The Morgan fingerprint density at radius 1 is 1.38 bits per heavy atom. The molecule has 0 unspecified atom stereocenters. The first kappa shape index (κ1) is 8.54. The van der Waals surface area contributed by atoms with Gasteiger partial charge in [-0.05, 0) is 23.5 Å². The van der Waals surface area contributed by atoms with Gasteiger partial charge in [0.25, 0.3) is 0 Å². The van der Waals surface area contributed by atoms with E-state index in [2.05, 4.69) is 0 Å². The maximum atomic E-state index is 9.48. The fourth-order valence-electron chi connectivity index (χ4n) is 1.56. The molecule has 0 aliphatic carbocycles. The zero-order valence-corrected chi connectivity index (χ0v) is 7.53. The maximum Gasteiger partial charge on any atom is 0.491 e. The molecule has 2 nitrogen and oxygen atoms in total. The number of rotatable bonds is 1. The molecule has 0 atom stereocenters. The molecule has 66 valence electrons. The third-order valence-electron chi connectivity index (χ3n) is 2.28. The molecule has 1 N–H and O–H groups in total. The van der Waals surface area contributed by atoms with Crippen LogP contribution in [0.5, 0.6) is 0 Å². The van der Waals surface area contributed by atoms with Crippen LogP contribution in [-0.4, -0.2) is 18.7 Å². The van der Waals surface area contributed by atoms with Gasteiger partial charge in [-0.3, -0.25) is 0 Å². The Labute approximate surface area is 78.0 Å². The average molecular weight is 174 g/mol. The second-order valence-corrected chi connectivity index (χ2v) is 3.16. The standard InChI is InChI=1S/C10H11BO2/c1-8-4-2-3-5-9(8)10-6-7-13-11(10)12/h2-6,12H,7H2,1H3. The highest BCUT2D eigenvalue weighted by molar-refractivity contribution is 6.68. The van der Waals surface area contributed by atoms with E-state index in [1.807, 2.05) is 37.3 Å². The number of hydrogen-bond acceptors (Lipinski definition) is 2. The van der Waals surface area contributed by atoms with Gasteiger partial charge in [0.05, 0.1) is 6.61 Å². The van der Waals surface area contributed by atoms with Crippen molar-refractivity contribution < 1.29 is 9.68 Å². The van der Waals surface area contributed by atoms with Gasteiger partial charge < -0.3 is 9.68 Å². The Hall–Kier alpha value is -1.06. The van der Waals surface area contributed by atoms with Gasteiger partial charge in [0.15, 0.2) is 0 Å². The van der Waals surface area contributed by atoms with E-state index >= 15 is 0 Å². The first-order chi connectivity index (χ1) is 6.29. The number of aryl methyl sites for hydroxylation is 1. The molecule has 0 radical (unpaired) electrons. The molecule has 0 aromatic heterocycles. The van der Waals surface area contributed by atoms with Gasteiger partial charge in [0.1, 0.15) is 0 Å². The smallest absolute Gasteiger partial charge is 0.423 e. The number of hydrogen-bond donors (Lipinski definition) is 1. The van der Waals surface area contributed by atoms with E-state index in [1.54, 1.807) is 0 Å². The lowest BCUT2D eigenvalue weighted by Gasteiger charge is -2.06. The molecule has 0 saturated heterocycles. The van der Waals surface area contributed by atoms with Gasteiger partial charge in [0, 0.05) is 0 Å². The third-order valence-corrected chi connectivity index (χ3v) is 2.28. The molecule has 0 bridgehead atoms. The first-order valence-corrected chi connectivity index (χ1v) is 4.35. The summed E-state index contributed by atoms with van der Waals surface area (Å²) in [6.07, 6.45) is 1.92. The summed E-state index contributed by atoms with van der Waals surface area (Å²) in [4.78, 5) is 0. The fourth-order valence-corrected chi connectivity index (χ4v) is 1.56. The molecule has 1 heterocycles. The molecule has 0 spiro atoms. The summed E-state index contributed by atoms with van der Waals surface area (Å²) in [6, 6.07) is 7.98. The van der Waals surface area contributed by atoms with Crippen LogP contribution in [0.15, 0.2) is 30.3 Å². The Morgan fingerprint density at radius 3 is 2.77 bits per heavy atom. The topological polar surface area (TPSA) is 29.5 Å². The molecule has 1 aliphatic rings. The minimum atomic E-state index is -0.749. The summed E-state index contributed by atoms with van der Waals surface area (Å²) in [5.74, 6) is 0. The Balaban J connectivity index is 2.40. The lowest BCUT2D eigenvalue weighted by Crippen LogP contribution is -2.14. The van der Waals surface area contributed by atoms with Gasteiger partial charge >= 0.3 is 7.12 Å². The van der Waals surface area contributed by atoms with Crippen LogP contribution in [0.25, 0.3) is 5.47 Å². The largest absolute Gasteiger partial charge is 0.491 e. The second-order valence-electron chi connectivity index (χ2n) is 3.16. The van der Waals surface area contributed by atoms with Gasteiger partial charge in [-0.25, -0.2) is 0 Å². The molecule has 0 amide bonds. The SMILES string of the molecule is Cc1ccccc1C1=CCOB1O. The van der Waals surface area contributed by atoms with E-state index in [0.29, 0.717) is 6.61 Å². The normalized spacial score (nSPS) is 16.2. The van der Waals surface area contributed by atoms with Crippen LogP contribution in [0.2, 0.25) is 0 Å². The lowest BCUT2D eigenvalue weighted by atomic mass is 9.75. The van der Waals surface area contributed by atoms with Crippen molar-refractivity contribution >= 4 is 12.6 Å². The predicted octanol–water partition coefficient (Wildman–Crippen LogP) is 1.43. The molecular weight excluding hydrogens is 163 g/mol. The first-order valence-electron chi connectivity index (χ1n) is 4.35. The minimum absolute atomic E-state index is 0.505. The van der Waals surface area contributed by atoms with Crippen molar-refractivity contribution in [3.63, 3.8) is 0 Å². The van der Waals surface area contributed by atoms with Crippen molar-refractivity contribution in [2.45, 2.75) is 6.92 Å². The van der Waals surface area contributed by atoms with Crippen molar-refractivity contribution in [1.82, 2.24) is 0 Å². The molecule has 13 heavy (non-hydrogen) atoms. The van der Waals surface area contributed by atoms with Crippen LogP contribution in [0.4, 0.5) is 0 Å². The summed E-state index contributed by atoms with van der Waals surface area (Å²) in [6.45, 7) is 2.53. The zero-order chi connectivity index (χ0) is 9.26. The van der Waals surface area contributed by atoms with E-state index in [1.165, 1.54) is 5.56 Å². The summed E-state index contributed by atoms with van der Waals surface area (Å²) >= 11 is 0. The van der Waals surface area contributed by atoms with Gasteiger partial charge in [-0.2, -0.15) is 0 Å². The Morgan fingerprint density at radius 2 is 2.15 bits per heavy atom. The highest BCUT2D eigenvalue weighted by Crippen LogP contribution is 2.23. The van der Waals surface area contributed by atoms with E-state index in [0.717, 1.165) is 11.0 Å². The van der Waals surface area contributed by atoms with Crippen LogP contribution in [0, 0.1) is 6.92 Å². The van der Waals surface area contributed by atoms with E-state index in [9.17, 15) is 5.02 Å². The van der Waals surface area contributed by atoms with Crippen LogP contribution in [0.1, 0.15) is 11.1 Å². The molecular formula is C10H11BO2. The summed E-state index contributed by atoms with van der Waals surface area (Å²) < 4.78 is 5.04. The fraction of sp³-hybridized carbons (Fsp3) is 0.200. The van der Waals surface area contributed by atoms with Gasteiger partial charge in [-0.1, -0.05) is 30.3 Å². The molecule has 0 fully saturated rings. The van der Waals surface area contributed by atoms with Gasteiger partial charge in [0.2, 0.25) is 0 Å². The van der Waals surface area contributed by atoms with Crippen molar-refractivity contribution in [2.24, 2.45) is 0 Å². The summed E-state index contributed by atoms with van der Waals surface area (Å²) in [5, 5.41) is 9.48. The molecule has 1 aromatic rings. The minimum Gasteiger partial charge on any atom is -0.423 e. The highest BCUT2D eigenvalue weighted by atomic mass is 16.5. The Kier molecular flexibility index (Phi) is 2.21. The molecule has 1 aliphatic heterocycles. The molecule has 3 heteroatoms. The van der Waals surface area contributed by atoms with Crippen molar-refractivity contribution in [2.75, 3.05) is 6.61 Å². The summed E-state index contributed by atoms with van der Waals surface area (Å²) in [5.41, 5.74) is 3.13. The third kappa shape index (κ3) is 1.53. The zero-order valence-electron chi connectivity index (χ0n) is 7.53. The molecule has 1 aromatic carbocycles. The van der Waals surface area contributed by atoms with E-state index < -0.39 is 7.12 Å².